The van der Waals surface area contributed by atoms with E-state index in [0.717, 1.165) is 17.5 Å². The van der Waals surface area contributed by atoms with Gasteiger partial charge >= 0.3 is 0 Å². The summed E-state index contributed by atoms with van der Waals surface area (Å²) in [5.74, 6) is 0.284. The van der Waals surface area contributed by atoms with E-state index < -0.39 is 0 Å². The molecule has 1 unspecified atom stereocenters. The minimum absolute atomic E-state index is 0.214. The molecule has 0 aliphatic rings. The van der Waals surface area contributed by atoms with Crippen LogP contribution >= 0.6 is 23.2 Å². The molecule has 0 saturated heterocycles. The predicted octanol–water partition coefficient (Wildman–Crippen LogP) is 4.83. The van der Waals surface area contributed by atoms with Crippen molar-refractivity contribution < 1.29 is 5.11 Å². The summed E-state index contributed by atoms with van der Waals surface area (Å²) in [5.41, 5.74) is 3.32. The van der Waals surface area contributed by atoms with Gasteiger partial charge in [0, 0.05) is 16.7 Å². The van der Waals surface area contributed by atoms with Gasteiger partial charge in [0.2, 0.25) is 0 Å². The van der Waals surface area contributed by atoms with Gasteiger partial charge in [-0.3, -0.25) is 0 Å². The summed E-state index contributed by atoms with van der Waals surface area (Å²) in [6, 6.07) is 13.8. The molecule has 0 aliphatic heterocycles. The number of hydrogen-bond acceptors (Lipinski definition) is 1. The van der Waals surface area contributed by atoms with E-state index in [9.17, 15) is 0 Å². The van der Waals surface area contributed by atoms with Crippen LogP contribution in [0.5, 0.6) is 0 Å². The zero-order valence-corrected chi connectivity index (χ0v) is 12.2. The van der Waals surface area contributed by atoms with Gasteiger partial charge in [0.25, 0.3) is 0 Å². The summed E-state index contributed by atoms with van der Waals surface area (Å²) in [7, 11) is 0. The smallest absolute Gasteiger partial charge is 0.0459 e. The number of benzene rings is 2. The van der Waals surface area contributed by atoms with E-state index in [0.29, 0.717) is 10.0 Å². The Morgan fingerprint density at radius 1 is 0.947 bits per heavy atom. The van der Waals surface area contributed by atoms with E-state index in [1.807, 2.05) is 19.1 Å². The second-order valence-electron chi connectivity index (χ2n) is 4.85. The Morgan fingerprint density at radius 3 is 2.05 bits per heavy atom. The van der Waals surface area contributed by atoms with E-state index in [1.165, 1.54) is 5.56 Å². The molecule has 0 aliphatic carbocycles. The van der Waals surface area contributed by atoms with Crippen LogP contribution in [0.15, 0.2) is 42.5 Å². The van der Waals surface area contributed by atoms with Crippen LogP contribution in [0.1, 0.15) is 12.5 Å². The minimum atomic E-state index is 0.214. The van der Waals surface area contributed by atoms with Gasteiger partial charge in [0.1, 0.15) is 0 Å². The lowest BCUT2D eigenvalue weighted by atomic mass is 9.98. The van der Waals surface area contributed by atoms with Gasteiger partial charge in [-0.2, -0.15) is 0 Å². The van der Waals surface area contributed by atoms with Crippen LogP contribution in [0.25, 0.3) is 11.1 Å². The first-order valence-electron chi connectivity index (χ1n) is 6.25. The maximum absolute atomic E-state index is 9.06. The molecular formula is C16H16Cl2O. The highest BCUT2D eigenvalue weighted by Gasteiger charge is 2.04. The van der Waals surface area contributed by atoms with E-state index >= 15 is 0 Å². The van der Waals surface area contributed by atoms with Gasteiger partial charge in [-0.1, -0.05) is 54.4 Å². The molecule has 1 nitrogen and oxygen atoms in total. The predicted molar refractivity (Wildman–Crippen MR) is 81.9 cm³/mol. The van der Waals surface area contributed by atoms with Crippen molar-refractivity contribution in [2.75, 3.05) is 6.61 Å². The zero-order valence-electron chi connectivity index (χ0n) is 10.7. The molecule has 0 aromatic heterocycles. The molecule has 0 spiro atoms. The van der Waals surface area contributed by atoms with Crippen molar-refractivity contribution in [3.05, 3.63) is 58.1 Å². The summed E-state index contributed by atoms with van der Waals surface area (Å²) in [4.78, 5) is 0. The largest absolute Gasteiger partial charge is 0.396 e. The number of hydrogen-bond donors (Lipinski definition) is 1. The Labute approximate surface area is 123 Å². The number of aliphatic hydroxyl groups excluding tert-OH is 1. The lowest BCUT2D eigenvalue weighted by Gasteiger charge is -2.09. The Bertz CT molecular complexity index is 529. The van der Waals surface area contributed by atoms with Crippen LogP contribution < -0.4 is 0 Å². The van der Waals surface area contributed by atoms with Gasteiger partial charge in [-0.05, 0) is 47.2 Å². The molecule has 0 amide bonds. The number of halogens is 2. The number of aliphatic hydroxyl groups is 1. The van der Waals surface area contributed by atoms with Crippen molar-refractivity contribution in [2.45, 2.75) is 13.3 Å². The molecule has 100 valence electrons. The lowest BCUT2D eigenvalue weighted by Crippen LogP contribution is -2.04. The average Bonchev–Trinajstić information content (AvgIpc) is 2.38. The molecule has 2 aromatic carbocycles. The molecule has 0 bridgehead atoms. The molecule has 0 saturated carbocycles. The molecule has 0 heterocycles. The summed E-state index contributed by atoms with van der Waals surface area (Å²) < 4.78 is 0. The average molecular weight is 295 g/mol. The van der Waals surface area contributed by atoms with Crippen LogP contribution in [0.2, 0.25) is 10.0 Å². The minimum Gasteiger partial charge on any atom is -0.396 e. The maximum atomic E-state index is 9.06. The normalized spacial score (nSPS) is 12.4. The molecule has 0 radical (unpaired) electrons. The molecule has 1 N–H and O–H groups in total. The van der Waals surface area contributed by atoms with Crippen LogP contribution in [0.3, 0.4) is 0 Å². The van der Waals surface area contributed by atoms with Crippen LogP contribution in [-0.2, 0) is 6.42 Å². The van der Waals surface area contributed by atoms with Crippen molar-refractivity contribution >= 4 is 23.2 Å². The van der Waals surface area contributed by atoms with Gasteiger partial charge in [-0.25, -0.2) is 0 Å². The zero-order chi connectivity index (χ0) is 13.8. The van der Waals surface area contributed by atoms with Crippen molar-refractivity contribution in [1.82, 2.24) is 0 Å². The van der Waals surface area contributed by atoms with Crippen LogP contribution in [0.4, 0.5) is 0 Å². The molecular weight excluding hydrogens is 279 g/mol. The highest BCUT2D eigenvalue weighted by Crippen LogP contribution is 2.27. The fourth-order valence-electron chi connectivity index (χ4n) is 2.02. The first kappa shape index (κ1) is 14.4. The third kappa shape index (κ3) is 3.97. The Balaban J connectivity index is 2.22. The lowest BCUT2D eigenvalue weighted by molar-refractivity contribution is 0.237. The first-order chi connectivity index (χ1) is 9.08. The van der Waals surface area contributed by atoms with Crippen molar-refractivity contribution in [1.29, 1.82) is 0 Å². The van der Waals surface area contributed by atoms with E-state index in [2.05, 4.69) is 24.3 Å². The fourth-order valence-corrected chi connectivity index (χ4v) is 2.55. The second kappa shape index (κ2) is 6.42. The molecule has 19 heavy (non-hydrogen) atoms. The van der Waals surface area contributed by atoms with Gasteiger partial charge in [0.15, 0.2) is 0 Å². The summed E-state index contributed by atoms with van der Waals surface area (Å²) >= 11 is 12.0. The third-order valence-electron chi connectivity index (χ3n) is 3.05. The van der Waals surface area contributed by atoms with Crippen LogP contribution in [0, 0.1) is 5.92 Å². The van der Waals surface area contributed by atoms with E-state index in [4.69, 9.17) is 28.3 Å². The van der Waals surface area contributed by atoms with E-state index in [-0.39, 0.29) is 12.5 Å². The molecule has 2 aromatic rings. The quantitative estimate of drug-likeness (QED) is 0.856. The Hall–Kier alpha value is -1.02. The fraction of sp³-hybridized carbons (Fsp3) is 0.250. The first-order valence-corrected chi connectivity index (χ1v) is 7.00. The van der Waals surface area contributed by atoms with Crippen molar-refractivity contribution in [2.24, 2.45) is 5.92 Å². The van der Waals surface area contributed by atoms with Crippen molar-refractivity contribution in [3.8, 4) is 11.1 Å². The molecule has 1 atom stereocenters. The highest BCUT2D eigenvalue weighted by atomic mass is 35.5. The van der Waals surface area contributed by atoms with Gasteiger partial charge < -0.3 is 5.11 Å². The summed E-state index contributed by atoms with van der Waals surface area (Å²) in [6.07, 6.45) is 0.882. The van der Waals surface area contributed by atoms with Gasteiger partial charge in [0.05, 0.1) is 0 Å². The SMILES string of the molecule is CC(CO)Cc1ccc(-c2cc(Cl)cc(Cl)c2)cc1. The second-order valence-corrected chi connectivity index (χ2v) is 5.72. The summed E-state index contributed by atoms with van der Waals surface area (Å²) in [6.45, 7) is 2.25. The van der Waals surface area contributed by atoms with Crippen molar-refractivity contribution in [3.63, 3.8) is 0 Å². The topological polar surface area (TPSA) is 20.2 Å². The Kier molecular flexibility index (Phi) is 4.87. The Morgan fingerprint density at radius 2 is 1.53 bits per heavy atom. The van der Waals surface area contributed by atoms with Crippen LogP contribution in [-0.4, -0.2) is 11.7 Å². The number of rotatable bonds is 4. The molecule has 2 rings (SSSR count). The standard InChI is InChI=1S/C16H16Cl2O/c1-11(10-19)6-12-2-4-13(5-3-12)14-7-15(17)9-16(18)8-14/h2-5,7-9,11,19H,6,10H2,1H3. The van der Waals surface area contributed by atoms with Gasteiger partial charge in [-0.15, -0.1) is 0 Å². The molecule has 0 fully saturated rings. The monoisotopic (exact) mass is 294 g/mol. The van der Waals surface area contributed by atoms with E-state index in [1.54, 1.807) is 6.07 Å². The third-order valence-corrected chi connectivity index (χ3v) is 3.48. The highest BCUT2D eigenvalue weighted by molar-refractivity contribution is 6.35. The summed E-state index contributed by atoms with van der Waals surface area (Å²) in [5, 5.41) is 10.3. The maximum Gasteiger partial charge on any atom is 0.0459 e. The molecule has 3 heteroatoms.